The molecule has 1 saturated carbocycles. The maximum Gasteiger partial charge on any atom is 0.246 e. The van der Waals surface area contributed by atoms with Gasteiger partial charge in [-0.05, 0) is 44.0 Å². The van der Waals surface area contributed by atoms with Crippen molar-refractivity contribution >= 4 is 27.2 Å². The molecule has 5 nitrogen and oxygen atoms in total. The summed E-state index contributed by atoms with van der Waals surface area (Å²) in [6.45, 7) is 1.41. The van der Waals surface area contributed by atoms with E-state index in [0.717, 1.165) is 0 Å². The number of ketones is 1. The molecule has 1 amide bonds. The van der Waals surface area contributed by atoms with E-state index in [0.29, 0.717) is 24.1 Å². The van der Waals surface area contributed by atoms with E-state index >= 15 is 0 Å². The lowest BCUT2D eigenvalue weighted by Crippen LogP contribution is -2.47. The molecule has 0 atom stereocenters. The van der Waals surface area contributed by atoms with Crippen molar-refractivity contribution in [1.29, 1.82) is 0 Å². The highest BCUT2D eigenvalue weighted by atomic mass is 32.2. The summed E-state index contributed by atoms with van der Waals surface area (Å²) in [4.78, 5) is 25.1. The highest BCUT2D eigenvalue weighted by Crippen LogP contribution is 2.41. The van der Waals surface area contributed by atoms with E-state index in [4.69, 9.17) is 0 Å². The molecule has 3 rings (SSSR count). The van der Waals surface area contributed by atoms with Gasteiger partial charge in [0.05, 0.1) is 10.6 Å². The predicted octanol–water partition coefficient (Wildman–Crippen LogP) is 3.61. The first kappa shape index (κ1) is 18.3. The number of para-hydroxylation sites is 1. The van der Waals surface area contributed by atoms with Crippen LogP contribution >= 0.6 is 0 Å². The summed E-state index contributed by atoms with van der Waals surface area (Å²) in [6.07, 6.45) is 1.90. The third-order valence-corrected chi connectivity index (χ3v) is 7.46. The van der Waals surface area contributed by atoms with Gasteiger partial charge in [-0.2, -0.15) is 0 Å². The number of sulfone groups is 1. The zero-order valence-electron chi connectivity index (χ0n) is 14.6. The second-order valence-electron chi connectivity index (χ2n) is 6.57. The number of nitrogens with one attached hydrogen (secondary N) is 1. The smallest absolute Gasteiger partial charge is 0.246 e. The van der Waals surface area contributed by atoms with Crippen LogP contribution < -0.4 is 5.32 Å². The van der Waals surface area contributed by atoms with Crippen LogP contribution in [0.3, 0.4) is 0 Å². The Morgan fingerprint density at radius 2 is 1.50 bits per heavy atom. The fraction of sp³-hybridized carbons (Fsp3) is 0.300. The second-order valence-corrected chi connectivity index (χ2v) is 8.83. The molecule has 1 fully saturated rings. The lowest BCUT2D eigenvalue weighted by molar-refractivity contribution is -0.118. The Morgan fingerprint density at radius 3 is 2.12 bits per heavy atom. The van der Waals surface area contributed by atoms with Crippen molar-refractivity contribution in [3.05, 3.63) is 60.2 Å². The van der Waals surface area contributed by atoms with Crippen molar-refractivity contribution in [2.45, 2.75) is 42.2 Å². The minimum atomic E-state index is -3.85. The minimum Gasteiger partial charge on any atom is -0.324 e. The van der Waals surface area contributed by atoms with Crippen molar-refractivity contribution in [1.82, 2.24) is 0 Å². The average Bonchev–Trinajstić information content (AvgIpc) is 3.14. The molecule has 0 aliphatic heterocycles. The highest BCUT2D eigenvalue weighted by molar-refractivity contribution is 7.93. The normalized spacial score (nSPS) is 16.2. The lowest BCUT2D eigenvalue weighted by Gasteiger charge is -2.28. The van der Waals surface area contributed by atoms with Gasteiger partial charge in [0.25, 0.3) is 0 Å². The van der Waals surface area contributed by atoms with Crippen molar-refractivity contribution in [2.24, 2.45) is 0 Å². The summed E-state index contributed by atoms with van der Waals surface area (Å²) in [5.74, 6) is -0.750. The molecule has 2 aromatic carbocycles. The van der Waals surface area contributed by atoms with Crippen molar-refractivity contribution < 1.29 is 18.0 Å². The molecule has 0 aromatic heterocycles. The number of hydrogen-bond acceptors (Lipinski definition) is 4. The molecule has 1 N–H and O–H groups in total. The van der Waals surface area contributed by atoms with E-state index in [-0.39, 0.29) is 23.5 Å². The molecular formula is C20H21NO4S. The second kappa shape index (κ2) is 7.03. The van der Waals surface area contributed by atoms with E-state index in [1.54, 1.807) is 42.5 Å². The van der Waals surface area contributed by atoms with Gasteiger partial charge in [-0.15, -0.1) is 0 Å². The summed E-state index contributed by atoms with van der Waals surface area (Å²) in [6, 6.07) is 14.7. The van der Waals surface area contributed by atoms with Gasteiger partial charge < -0.3 is 5.32 Å². The molecular weight excluding hydrogens is 350 g/mol. The molecule has 0 spiro atoms. The molecule has 0 heterocycles. The SMILES string of the molecule is CC(=O)c1ccccc1NC(=O)C1(S(=O)(=O)c2ccccc2)CCCC1. The van der Waals surface area contributed by atoms with Gasteiger partial charge in [0, 0.05) is 5.56 Å². The standard InChI is InChI=1S/C20H21NO4S/c1-15(22)17-11-5-6-12-18(17)21-19(23)20(13-7-8-14-20)26(24,25)16-9-3-2-4-10-16/h2-6,9-12H,7-8,13-14H2,1H3,(H,21,23). The minimum absolute atomic E-state index is 0.150. The van der Waals surface area contributed by atoms with E-state index in [9.17, 15) is 18.0 Å². The van der Waals surface area contributed by atoms with E-state index in [2.05, 4.69) is 5.32 Å². The Bertz CT molecular complexity index is 929. The molecule has 26 heavy (non-hydrogen) atoms. The zero-order valence-corrected chi connectivity index (χ0v) is 15.4. The Labute approximate surface area is 153 Å². The summed E-state index contributed by atoms with van der Waals surface area (Å²) in [7, 11) is -3.85. The maximum absolute atomic E-state index is 13.3. The number of hydrogen-bond donors (Lipinski definition) is 1. The lowest BCUT2D eigenvalue weighted by atomic mass is 10.0. The summed E-state index contributed by atoms with van der Waals surface area (Å²) < 4.78 is 25.1. The van der Waals surface area contributed by atoms with Crippen LogP contribution in [0.1, 0.15) is 43.0 Å². The van der Waals surface area contributed by atoms with Crippen molar-refractivity contribution in [3.8, 4) is 0 Å². The Balaban J connectivity index is 2.01. The number of rotatable bonds is 5. The molecule has 0 saturated heterocycles. The third kappa shape index (κ3) is 3.05. The van der Waals surface area contributed by atoms with Crippen molar-refractivity contribution in [3.63, 3.8) is 0 Å². The van der Waals surface area contributed by atoms with E-state index < -0.39 is 20.5 Å². The molecule has 0 bridgehead atoms. The predicted molar refractivity (Wildman–Crippen MR) is 99.9 cm³/mol. The monoisotopic (exact) mass is 371 g/mol. The Morgan fingerprint density at radius 1 is 0.923 bits per heavy atom. The Hall–Kier alpha value is -2.47. The summed E-state index contributed by atoms with van der Waals surface area (Å²) in [5.41, 5.74) is 0.714. The number of amides is 1. The van der Waals surface area contributed by atoms with Crippen LogP contribution in [0.5, 0.6) is 0 Å². The fourth-order valence-electron chi connectivity index (χ4n) is 3.52. The van der Waals surface area contributed by atoms with Crippen LogP contribution in [0.4, 0.5) is 5.69 Å². The van der Waals surface area contributed by atoms with Gasteiger partial charge in [0.1, 0.15) is 0 Å². The maximum atomic E-state index is 13.3. The van der Waals surface area contributed by atoms with Gasteiger partial charge >= 0.3 is 0 Å². The van der Waals surface area contributed by atoms with Crippen LogP contribution in [-0.2, 0) is 14.6 Å². The summed E-state index contributed by atoms with van der Waals surface area (Å²) in [5, 5.41) is 2.71. The van der Waals surface area contributed by atoms with Crippen LogP contribution in [-0.4, -0.2) is 24.9 Å². The molecule has 1 aliphatic carbocycles. The van der Waals surface area contributed by atoms with Gasteiger partial charge in [-0.3, -0.25) is 9.59 Å². The number of carbonyl (C=O) groups excluding carboxylic acids is 2. The quantitative estimate of drug-likeness (QED) is 0.814. The number of anilines is 1. The average molecular weight is 371 g/mol. The third-order valence-electron chi connectivity index (χ3n) is 4.95. The number of carbonyl (C=O) groups is 2. The van der Waals surface area contributed by atoms with Gasteiger partial charge in [0.2, 0.25) is 5.91 Å². The van der Waals surface area contributed by atoms with Crippen molar-refractivity contribution in [2.75, 3.05) is 5.32 Å². The molecule has 2 aromatic rings. The first-order valence-corrected chi connectivity index (χ1v) is 10.1. The van der Waals surface area contributed by atoms with Gasteiger partial charge in [-0.1, -0.05) is 43.2 Å². The van der Waals surface area contributed by atoms with E-state index in [1.165, 1.54) is 19.1 Å². The largest absolute Gasteiger partial charge is 0.324 e. The molecule has 136 valence electrons. The first-order chi connectivity index (χ1) is 12.4. The first-order valence-electron chi connectivity index (χ1n) is 8.59. The fourth-order valence-corrected chi connectivity index (χ4v) is 5.61. The molecule has 1 aliphatic rings. The van der Waals surface area contributed by atoms with Crippen LogP contribution in [0.25, 0.3) is 0 Å². The molecule has 6 heteroatoms. The van der Waals surface area contributed by atoms with Gasteiger partial charge in [-0.25, -0.2) is 8.42 Å². The highest BCUT2D eigenvalue weighted by Gasteiger charge is 2.53. The zero-order chi connectivity index (χ0) is 18.8. The number of Topliss-reactive ketones (excluding diaryl/α,β-unsaturated/α-hetero) is 1. The molecule has 0 radical (unpaired) electrons. The van der Waals surface area contributed by atoms with E-state index in [1.807, 2.05) is 0 Å². The van der Waals surface area contributed by atoms with Crippen LogP contribution in [0, 0.1) is 0 Å². The molecule has 0 unspecified atom stereocenters. The Kier molecular flexibility index (Phi) is 4.96. The van der Waals surface area contributed by atoms with Crippen LogP contribution in [0.2, 0.25) is 0 Å². The topological polar surface area (TPSA) is 80.3 Å². The number of benzene rings is 2. The van der Waals surface area contributed by atoms with Crippen LogP contribution in [0.15, 0.2) is 59.5 Å². The van der Waals surface area contributed by atoms with Gasteiger partial charge in [0.15, 0.2) is 20.4 Å². The summed E-state index contributed by atoms with van der Waals surface area (Å²) >= 11 is 0.